The van der Waals surface area contributed by atoms with Gasteiger partial charge in [0, 0.05) is 17.8 Å². The number of urea groups is 1. The minimum Gasteiger partial charge on any atom is -0.337 e. The Labute approximate surface area is 156 Å². The van der Waals surface area contributed by atoms with Gasteiger partial charge in [0.05, 0.1) is 0 Å². The molecule has 138 valence electrons. The maximum atomic E-state index is 13.4. The summed E-state index contributed by atoms with van der Waals surface area (Å²) in [5.74, 6) is 0.320. The maximum absolute atomic E-state index is 13.4. The number of amides is 2. The molecule has 3 aromatic rings. The van der Waals surface area contributed by atoms with Crippen LogP contribution in [0, 0.1) is 12.7 Å². The van der Waals surface area contributed by atoms with Gasteiger partial charge in [-0.1, -0.05) is 29.4 Å². The molecule has 0 bridgehead atoms. The van der Waals surface area contributed by atoms with E-state index in [1.54, 1.807) is 17.0 Å². The van der Waals surface area contributed by atoms with Crippen molar-refractivity contribution in [3.05, 3.63) is 65.8 Å². The zero-order valence-electron chi connectivity index (χ0n) is 14.9. The van der Waals surface area contributed by atoms with E-state index in [9.17, 15) is 9.18 Å². The van der Waals surface area contributed by atoms with Gasteiger partial charge in [-0.3, -0.25) is 0 Å². The van der Waals surface area contributed by atoms with Gasteiger partial charge < -0.3 is 14.7 Å². The lowest BCUT2D eigenvalue weighted by molar-refractivity contribution is 0.193. The van der Waals surface area contributed by atoms with E-state index < -0.39 is 0 Å². The molecule has 0 saturated carbocycles. The molecule has 1 fully saturated rings. The number of nitrogens with zero attached hydrogens (tertiary/aromatic N) is 3. The molecule has 1 N–H and O–H groups in total. The van der Waals surface area contributed by atoms with Crippen molar-refractivity contribution >= 4 is 11.7 Å². The summed E-state index contributed by atoms with van der Waals surface area (Å²) in [6.45, 7) is 2.58. The number of hydrogen-bond donors (Lipinski definition) is 1. The summed E-state index contributed by atoms with van der Waals surface area (Å²) >= 11 is 0. The topological polar surface area (TPSA) is 71.3 Å². The Morgan fingerprint density at radius 1 is 1.26 bits per heavy atom. The standard InChI is InChI=1S/C20H19FN4O2/c1-13-5-2-8-16(11-13)22-20(26)25-10-4-9-17(25)19-23-18(24-27-19)14-6-3-7-15(21)12-14/h2-3,5-8,11-12,17H,4,9-10H2,1H3,(H,22,26)/t17-/m0/s1. The smallest absolute Gasteiger partial charge is 0.322 e. The van der Waals surface area contributed by atoms with Crippen LogP contribution in [0.25, 0.3) is 11.4 Å². The highest BCUT2D eigenvalue weighted by atomic mass is 19.1. The molecule has 1 aromatic heterocycles. The van der Waals surface area contributed by atoms with Crippen LogP contribution in [0.5, 0.6) is 0 Å². The van der Waals surface area contributed by atoms with Crippen LogP contribution in [0.2, 0.25) is 0 Å². The fourth-order valence-corrected chi connectivity index (χ4v) is 3.30. The number of benzene rings is 2. The Bertz CT molecular complexity index is 972. The Kier molecular flexibility index (Phi) is 4.58. The highest BCUT2D eigenvalue weighted by Crippen LogP contribution is 2.32. The minimum atomic E-state index is -0.362. The van der Waals surface area contributed by atoms with Gasteiger partial charge in [0.25, 0.3) is 0 Å². The maximum Gasteiger partial charge on any atom is 0.322 e. The van der Waals surface area contributed by atoms with Gasteiger partial charge in [0.1, 0.15) is 11.9 Å². The molecule has 1 aliphatic rings. The second-order valence-corrected chi connectivity index (χ2v) is 6.62. The van der Waals surface area contributed by atoms with E-state index in [0.717, 1.165) is 24.1 Å². The average molecular weight is 366 g/mol. The summed E-state index contributed by atoms with van der Waals surface area (Å²) in [6, 6.07) is 13.2. The van der Waals surface area contributed by atoms with Gasteiger partial charge in [0.2, 0.25) is 11.7 Å². The number of hydrogen-bond acceptors (Lipinski definition) is 4. The van der Waals surface area contributed by atoms with E-state index >= 15 is 0 Å². The lowest BCUT2D eigenvalue weighted by Crippen LogP contribution is -2.34. The molecule has 7 heteroatoms. The van der Waals surface area contributed by atoms with Gasteiger partial charge in [-0.25, -0.2) is 9.18 Å². The first-order valence-corrected chi connectivity index (χ1v) is 8.84. The zero-order chi connectivity index (χ0) is 18.8. The number of carbonyl (C=O) groups excluding carboxylic acids is 1. The average Bonchev–Trinajstić information content (AvgIpc) is 3.31. The van der Waals surface area contributed by atoms with E-state index in [1.807, 2.05) is 31.2 Å². The monoisotopic (exact) mass is 366 g/mol. The number of nitrogens with one attached hydrogen (secondary N) is 1. The van der Waals surface area contributed by atoms with Crippen LogP contribution in [0.1, 0.15) is 30.3 Å². The molecule has 1 saturated heterocycles. The second-order valence-electron chi connectivity index (χ2n) is 6.62. The van der Waals surface area contributed by atoms with Crippen molar-refractivity contribution in [2.45, 2.75) is 25.8 Å². The fraction of sp³-hybridized carbons (Fsp3) is 0.250. The SMILES string of the molecule is Cc1cccc(NC(=O)N2CCC[C@H]2c2nc(-c3cccc(F)c3)no2)c1. The minimum absolute atomic E-state index is 0.200. The van der Waals surface area contributed by atoms with E-state index in [0.29, 0.717) is 23.8 Å². The number of likely N-dealkylation sites (tertiary alicyclic amines) is 1. The summed E-state index contributed by atoms with van der Waals surface area (Å²) < 4.78 is 18.8. The second kappa shape index (κ2) is 7.19. The summed E-state index contributed by atoms with van der Waals surface area (Å²) in [5, 5.41) is 6.87. The van der Waals surface area contributed by atoms with Crippen molar-refractivity contribution < 1.29 is 13.7 Å². The van der Waals surface area contributed by atoms with Crippen molar-refractivity contribution in [1.29, 1.82) is 0 Å². The van der Waals surface area contributed by atoms with Crippen LogP contribution in [0.4, 0.5) is 14.9 Å². The van der Waals surface area contributed by atoms with Crippen LogP contribution in [-0.4, -0.2) is 27.6 Å². The van der Waals surface area contributed by atoms with Crippen molar-refractivity contribution in [2.75, 3.05) is 11.9 Å². The molecular weight excluding hydrogens is 347 g/mol. The first-order valence-electron chi connectivity index (χ1n) is 8.84. The van der Waals surface area contributed by atoms with Crippen LogP contribution < -0.4 is 5.32 Å². The van der Waals surface area contributed by atoms with Crippen LogP contribution in [-0.2, 0) is 0 Å². The fourth-order valence-electron chi connectivity index (χ4n) is 3.30. The predicted molar refractivity (Wildman–Crippen MR) is 98.6 cm³/mol. The number of aromatic nitrogens is 2. The number of carbonyl (C=O) groups is 1. The number of rotatable bonds is 3. The molecule has 4 rings (SSSR count). The largest absolute Gasteiger partial charge is 0.337 e. The molecule has 6 nitrogen and oxygen atoms in total. The van der Waals surface area contributed by atoms with Crippen molar-refractivity contribution in [3.63, 3.8) is 0 Å². The van der Waals surface area contributed by atoms with E-state index in [4.69, 9.17) is 4.52 Å². The molecular formula is C20H19FN4O2. The van der Waals surface area contributed by atoms with Crippen molar-refractivity contribution in [2.24, 2.45) is 0 Å². The molecule has 0 aliphatic carbocycles. The third kappa shape index (κ3) is 3.67. The molecule has 2 amide bonds. The van der Waals surface area contributed by atoms with Gasteiger partial charge in [-0.2, -0.15) is 4.98 Å². The third-order valence-corrected chi connectivity index (χ3v) is 4.59. The van der Waals surface area contributed by atoms with Gasteiger partial charge in [0.15, 0.2) is 0 Å². The van der Waals surface area contributed by atoms with Crippen molar-refractivity contribution in [3.8, 4) is 11.4 Å². The highest BCUT2D eigenvalue weighted by molar-refractivity contribution is 5.89. The van der Waals surface area contributed by atoms with Crippen LogP contribution in [0.3, 0.4) is 0 Å². The summed E-state index contributed by atoms with van der Waals surface area (Å²) in [4.78, 5) is 18.8. The normalized spacial score (nSPS) is 16.5. The number of aryl methyl sites for hydroxylation is 1. The first-order chi connectivity index (χ1) is 13.1. The molecule has 2 aromatic carbocycles. The van der Waals surface area contributed by atoms with E-state index in [2.05, 4.69) is 15.5 Å². The Balaban J connectivity index is 1.52. The molecule has 0 unspecified atom stereocenters. The number of anilines is 1. The van der Waals surface area contributed by atoms with E-state index in [1.165, 1.54) is 12.1 Å². The Morgan fingerprint density at radius 3 is 2.93 bits per heavy atom. The summed E-state index contributed by atoms with van der Waals surface area (Å²) in [5.41, 5.74) is 2.36. The van der Waals surface area contributed by atoms with Crippen LogP contribution in [0.15, 0.2) is 53.1 Å². The van der Waals surface area contributed by atoms with Gasteiger partial charge in [-0.05, 0) is 49.6 Å². The van der Waals surface area contributed by atoms with E-state index in [-0.39, 0.29) is 17.9 Å². The molecule has 0 radical (unpaired) electrons. The predicted octanol–water partition coefficient (Wildman–Crippen LogP) is 4.55. The van der Waals surface area contributed by atoms with Crippen molar-refractivity contribution in [1.82, 2.24) is 15.0 Å². The molecule has 0 spiro atoms. The van der Waals surface area contributed by atoms with Crippen LogP contribution >= 0.6 is 0 Å². The lowest BCUT2D eigenvalue weighted by atomic mass is 10.2. The molecule has 2 heterocycles. The van der Waals surface area contributed by atoms with Gasteiger partial charge >= 0.3 is 6.03 Å². The molecule has 1 aliphatic heterocycles. The Hall–Kier alpha value is -3.22. The summed E-state index contributed by atoms with van der Waals surface area (Å²) in [7, 11) is 0. The lowest BCUT2D eigenvalue weighted by Gasteiger charge is -2.22. The first kappa shape index (κ1) is 17.2. The number of halogens is 1. The zero-order valence-corrected chi connectivity index (χ0v) is 14.9. The molecule has 27 heavy (non-hydrogen) atoms. The Morgan fingerprint density at radius 2 is 2.11 bits per heavy atom. The summed E-state index contributed by atoms with van der Waals surface area (Å²) in [6.07, 6.45) is 1.59. The highest BCUT2D eigenvalue weighted by Gasteiger charge is 2.34. The van der Waals surface area contributed by atoms with Gasteiger partial charge in [-0.15, -0.1) is 0 Å². The quantitative estimate of drug-likeness (QED) is 0.738. The third-order valence-electron chi connectivity index (χ3n) is 4.59. The molecule has 1 atom stereocenters.